The highest BCUT2D eigenvalue weighted by Gasteiger charge is 2.43. The number of nitrogens with zero attached hydrogens (tertiary/aromatic N) is 4. The van der Waals surface area contributed by atoms with Crippen LogP contribution in [0.2, 0.25) is 10.0 Å². The Morgan fingerprint density at radius 1 is 1.21 bits per heavy atom. The second kappa shape index (κ2) is 7.11. The van der Waals surface area contributed by atoms with E-state index in [9.17, 15) is 4.79 Å². The van der Waals surface area contributed by atoms with E-state index in [1.165, 1.54) is 0 Å². The fourth-order valence-electron chi connectivity index (χ4n) is 4.60. The van der Waals surface area contributed by atoms with Crippen LogP contribution in [-0.4, -0.2) is 37.0 Å². The monoisotopic (exact) mass is 427 g/mol. The Morgan fingerprint density at radius 3 is 2.86 bits per heavy atom. The highest BCUT2D eigenvalue weighted by molar-refractivity contribution is 6.43. The Morgan fingerprint density at radius 2 is 2.07 bits per heavy atom. The number of piperidine rings is 1. The predicted molar refractivity (Wildman–Crippen MR) is 111 cm³/mol. The van der Waals surface area contributed by atoms with Gasteiger partial charge in [0.15, 0.2) is 0 Å². The third kappa shape index (κ3) is 3.02. The minimum absolute atomic E-state index is 0.0803. The van der Waals surface area contributed by atoms with Crippen molar-refractivity contribution in [2.45, 2.75) is 44.7 Å². The number of rotatable bonds is 2. The average Bonchev–Trinajstić information content (AvgIpc) is 3.24. The number of benzene rings is 1. The molecule has 2 aromatic heterocycles. The first-order valence-corrected chi connectivity index (χ1v) is 10.4. The highest BCUT2D eigenvalue weighted by Crippen LogP contribution is 2.44. The molecule has 1 fully saturated rings. The van der Waals surface area contributed by atoms with Gasteiger partial charge in [-0.1, -0.05) is 29.3 Å². The first kappa shape index (κ1) is 18.6. The third-order valence-electron chi connectivity index (χ3n) is 5.82. The molecule has 6 nitrogen and oxygen atoms in total. The lowest BCUT2D eigenvalue weighted by atomic mass is 9.81. The lowest BCUT2D eigenvalue weighted by Gasteiger charge is -2.46. The standard InChI is InChI=1S/C21H19Cl2N5O/c1-11-25-19(16-8-9-24-27-16)14-10-12-4-2-7-17(20(14)26-11)28(12)21(29)13-5-3-6-15(22)18(13)23/h3,5-6,8-9,12,17H,2,4,7,10H2,1H3,(H,24,27)/t12-,17+/m1/s1. The van der Waals surface area contributed by atoms with Gasteiger partial charge in [-0.05, 0) is 50.8 Å². The molecule has 5 rings (SSSR count). The quantitative estimate of drug-likeness (QED) is 0.638. The fraction of sp³-hybridized carbons (Fsp3) is 0.333. The van der Waals surface area contributed by atoms with Gasteiger partial charge in [0.2, 0.25) is 0 Å². The first-order valence-electron chi connectivity index (χ1n) is 9.68. The van der Waals surface area contributed by atoms with Crippen LogP contribution in [0.15, 0.2) is 30.5 Å². The smallest absolute Gasteiger partial charge is 0.256 e. The topological polar surface area (TPSA) is 74.8 Å². The maximum Gasteiger partial charge on any atom is 0.256 e. The van der Waals surface area contributed by atoms with Gasteiger partial charge in [-0.3, -0.25) is 9.89 Å². The number of aromatic amines is 1. The molecule has 8 heteroatoms. The Balaban J connectivity index is 1.62. The summed E-state index contributed by atoms with van der Waals surface area (Å²) < 4.78 is 0. The average molecular weight is 428 g/mol. The Bertz CT molecular complexity index is 1100. The minimum Gasteiger partial charge on any atom is -0.327 e. The Labute approximate surface area is 178 Å². The Hall–Kier alpha value is -2.44. The summed E-state index contributed by atoms with van der Waals surface area (Å²) in [5, 5.41) is 7.78. The molecular weight excluding hydrogens is 409 g/mol. The van der Waals surface area contributed by atoms with Gasteiger partial charge in [0, 0.05) is 17.8 Å². The molecule has 4 heterocycles. The molecule has 0 aliphatic carbocycles. The van der Waals surface area contributed by atoms with Crippen molar-refractivity contribution in [3.8, 4) is 11.4 Å². The molecule has 29 heavy (non-hydrogen) atoms. The van der Waals surface area contributed by atoms with Gasteiger partial charge in [0.05, 0.1) is 38.7 Å². The molecule has 0 spiro atoms. The molecule has 1 amide bonds. The van der Waals surface area contributed by atoms with E-state index in [4.69, 9.17) is 28.2 Å². The predicted octanol–water partition coefficient (Wildman–Crippen LogP) is 4.77. The number of amides is 1. The van der Waals surface area contributed by atoms with E-state index in [1.807, 2.05) is 17.9 Å². The number of carbonyl (C=O) groups is 1. The molecule has 0 saturated carbocycles. The molecule has 1 N–H and O–H groups in total. The largest absolute Gasteiger partial charge is 0.327 e. The highest BCUT2D eigenvalue weighted by atomic mass is 35.5. The van der Waals surface area contributed by atoms with E-state index >= 15 is 0 Å². The summed E-state index contributed by atoms with van der Waals surface area (Å²) in [5.41, 5.74) is 4.25. The zero-order chi connectivity index (χ0) is 20.1. The van der Waals surface area contributed by atoms with Crippen LogP contribution in [0.4, 0.5) is 0 Å². The van der Waals surface area contributed by atoms with Gasteiger partial charge in [-0.25, -0.2) is 9.97 Å². The van der Waals surface area contributed by atoms with Crippen LogP contribution in [0, 0.1) is 6.92 Å². The van der Waals surface area contributed by atoms with Gasteiger partial charge in [0.1, 0.15) is 5.82 Å². The lowest BCUT2D eigenvalue weighted by Crippen LogP contribution is -2.50. The summed E-state index contributed by atoms with van der Waals surface area (Å²) in [4.78, 5) is 24.9. The van der Waals surface area contributed by atoms with Crippen LogP contribution in [-0.2, 0) is 6.42 Å². The molecule has 2 aliphatic rings. The van der Waals surface area contributed by atoms with Crippen molar-refractivity contribution < 1.29 is 4.79 Å². The Kier molecular flexibility index (Phi) is 4.56. The number of aromatic nitrogens is 4. The summed E-state index contributed by atoms with van der Waals surface area (Å²) in [5.74, 6) is 0.600. The van der Waals surface area contributed by atoms with Crippen LogP contribution in [0.5, 0.6) is 0 Å². The van der Waals surface area contributed by atoms with E-state index in [0.717, 1.165) is 41.9 Å². The van der Waals surface area contributed by atoms with Gasteiger partial charge in [-0.15, -0.1) is 0 Å². The number of nitrogens with one attached hydrogen (secondary N) is 1. The number of carbonyl (C=O) groups excluding carboxylic acids is 1. The number of hydrogen-bond acceptors (Lipinski definition) is 4. The summed E-state index contributed by atoms with van der Waals surface area (Å²) in [7, 11) is 0. The van der Waals surface area contributed by atoms with E-state index in [1.54, 1.807) is 24.4 Å². The summed E-state index contributed by atoms with van der Waals surface area (Å²) in [6.07, 6.45) is 5.30. The van der Waals surface area contributed by atoms with Gasteiger partial charge in [-0.2, -0.15) is 5.10 Å². The van der Waals surface area contributed by atoms with E-state index < -0.39 is 0 Å². The van der Waals surface area contributed by atoms with Crippen LogP contribution in [0.25, 0.3) is 11.4 Å². The van der Waals surface area contributed by atoms with Crippen molar-refractivity contribution in [2.24, 2.45) is 0 Å². The fourth-order valence-corrected chi connectivity index (χ4v) is 4.99. The number of H-pyrrole nitrogens is 1. The molecule has 3 aromatic rings. The number of halogens is 2. The van der Waals surface area contributed by atoms with Crippen LogP contribution >= 0.6 is 23.2 Å². The van der Waals surface area contributed by atoms with Gasteiger partial charge in [0.25, 0.3) is 5.91 Å². The molecule has 2 bridgehead atoms. The molecular formula is C21H19Cl2N5O. The summed E-state index contributed by atoms with van der Waals surface area (Å²) >= 11 is 12.5. The first-order chi connectivity index (χ1) is 14.0. The van der Waals surface area contributed by atoms with Crippen molar-refractivity contribution in [3.05, 3.63) is 63.2 Å². The maximum absolute atomic E-state index is 13.5. The van der Waals surface area contributed by atoms with Crippen molar-refractivity contribution in [1.29, 1.82) is 0 Å². The van der Waals surface area contributed by atoms with Gasteiger partial charge >= 0.3 is 0 Å². The molecule has 0 unspecified atom stereocenters. The zero-order valence-electron chi connectivity index (χ0n) is 15.8. The molecule has 148 valence electrons. The second-order valence-electron chi connectivity index (χ2n) is 7.57. The number of fused-ring (bicyclic) bond motifs is 4. The van der Waals surface area contributed by atoms with Crippen molar-refractivity contribution in [3.63, 3.8) is 0 Å². The second-order valence-corrected chi connectivity index (χ2v) is 8.36. The normalized spacial score (nSPS) is 20.4. The molecule has 2 atom stereocenters. The SMILES string of the molecule is Cc1nc(-c2ccn[nH]2)c2c(n1)[C@@H]1CCC[C@H](C2)N1C(=O)c1cccc(Cl)c1Cl. The molecule has 1 aromatic carbocycles. The van der Waals surface area contributed by atoms with Crippen molar-refractivity contribution in [1.82, 2.24) is 25.1 Å². The van der Waals surface area contributed by atoms with Crippen LogP contribution < -0.4 is 0 Å². The molecule has 1 saturated heterocycles. The maximum atomic E-state index is 13.5. The van der Waals surface area contributed by atoms with Crippen LogP contribution in [0.1, 0.15) is 52.7 Å². The van der Waals surface area contributed by atoms with E-state index in [2.05, 4.69) is 15.2 Å². The zero-order valence-corrected chi connectivity index (χ0v) is 17.3. The third-order valence-corrected chi connectivity index (χ3v) is 6.64. The van der Waals surface area contributed by atoms with Crippen LogP contribution in [0.3, 0.4) is 0 Å². The summed E-state index contributed by atoms with van der Waals surface area (Å²) in [6.45, 7) is 1.88. The van der Waals surface area contributed by atoms with Crippen molar-refractivity contribution in [2.75, 3.05) is 0 Å². The molecule has 0 radical (unpaired) electrons. The molecule has 2 aliphatic heterocycles. The van der Waals surface area contributed by atoms with E-state index in [0.29, 0.717) is 27.9 Å². The van der Waals surface area contributed by atoms with Crippen molar-refractivity contribution >= 4 is 29.1 Å². The van der Waals surface area contributed by atoms with E-state index in [-0.39, 0.29) is 18.0 Å². The number of aryl methyl sites for hydroxylation is 1. The van der Waals surface area contributed by atoms with Gasteiger partial charge < -0.3 is 4.90 Å². The minimum atomic E-state index is -0.0941. The lowest BCUT2D eigenvalue weighted by molar-refractivity contribution is 0.0389. The number of hydrogen-bond donors (Lipinski definition) is 1. The summed E-state index contributed by atoms with van der Waals surface area (Å²) in [6, 6.07) is 7.10.